The zero-order valence-corrected chi connectivity index (χ0v) is 16.8. The lowest BCUT2D eigenvalue weighted by atomic mass is 10.1. The van der Waals surface area contributed by atoms with Crippen molar-refractivity contribution in [3.63, 3.8) is 0 Å². The van der Waals surface area contributed by atoms with Crippen molar-refractivity contribution in [1.82, 2.24) is 14.5 Å². The van der Waals surface area contributed by atoms with Gasteiger partial charge in [-0.1, -0.05) is 18.2 Å². The van der Waals surface area contributed by atoms with Crippen LogP contribution in [0.15, 0.2) is 53.3 Å². The molecule has 0 atom stereocenters. The van der Waals surface area contributed by atoms with Crippen molar-refractivity contribution in [1.29, 1.82) is 0 Å². The maximum Gasteiger partial charge on any atom is 0.279 e. The van der Waals surface area contributed by atoms with E-state index in [1.165, 1.54) is 47.0 Å². The Balaban J connectivity index is 1.61. The Hall–Kier alpha value is -3.88. The molecule has 9 heteroatoms. The molecule has 0 aliphatic heterocycles. The minimum Gasteiger partial charge on any atom is -0.397 e. The van der Waals surface area contributed by atoms with Crippen LogP contribution in [-0.2, 0) is 6.54 Å². The van der Waals surface area contributed by atoms with Crippen molar-refractivity contribution in [2.45, 2.75) is 25.4 Å². The maximum absolute atomic E-state index is 13.9. The fourth-order valence-corrected chi connectivity index (χ4v) is 3.66. The van der Waals surface area contributed by atoms with Gasteiger partial charge in [0.25, 0.3) is 5.56 Å². The number of halogens is 3. The fourth-order valence-electron chi connectivity index (χ4n) is 3.66. The molecule has 0 radical (unpaired) electrons. The normalized spacial score (nSPS) is 13.5. The Labute approximate surface area is 180 Å². The van der Waals surface area contributed by atoms with E-state index in [0.29, 0.717) is 11.1 Å². The lowest BCUT2D eigenvalue weighted by Crippen LogP contribution is -2.24. The lowest BCUT2D eigenvalue weighted by Gasteiger charge is -2.15. The molecule has 2 heterocycles. The first-order valence-corrected chi connectivity index (χ1v) is 10.1. The van der Waals surface area contributed by atoms with Crippen molar-refractivity contribution in [2.75, 3.05) is 11.1 Å². The van der Waals surface area contributed by atoms with Gasteiger partial charge in [-0.15, -0.1) is 0 Å². The quantitative estimate of drug-likeness (QED) is 0.483. The molecule has 32 heavy (non-hydrogen) atoms. The molecule has 162 valence electrons. The minimum atomic E-state index is -0.678. The molecule has 1 aliphatic carbocycles. The Morgan fingerprint density at radius 1 is 1.03 bits per heavy atom. The van der Waals surface area contributed by atoms with E-state index < -0.39 is 23.0 Å². The van der Waals surface area contributed by atoms with Crippen molar-refractivity contribution in [3.8, 4) is 11.3 Å². The van der Waals surface area contributed by atoms with Gasteiger partial charge in [0, 0.05) is 29.8 Å². The molecule has 2 aromatic heterocycles. The molecule has 3 N–H and O–H groups in total. The summed E-state index contributed by atoms with van der Waals surface area (Å²) in [4.78, 5) is 22.1. The van der Waals surface area contributed by atoms with E-state index >= 15 is 0 Å². The number of fused-ring (bicyclic) bond motifs is 1. The summed E-state index contributed by atoms with van der Waals surface area (Å²) in [6.07, 6.45) is 1.59. The molecular weight excluding hydrogens is 419 g/mol. The summed E-state index contributed by atoms with van der Waals surface area (Å²) in [6, 6.07) is 10.7. The number of hydrogen-bond donors (Lipinski definition) is 2. The Morgan fingerprint density at radius 2 is 1.75 bits per heavy atom. The van der Waals surface area contributed by atoms with Crippen LogP contribution in [-0.4, -0.2) is 14.5 Å². The molecule has 6 nitrogen and oxygen atoms in total. The average molecular weight is 437 g/mol. The Bertz CT molecular complexity index is 1390. The smallest absolute Gasteiger partial charge is 0.279 e. The highest BCUT2D eigenvalue weighted by Crippen LogP contribution is 2.37. The molecule has 0 saturated heterocycles. The van der Waals surface area contributed by atoms with Crippen molar-refractivity contribution >= 4 is 22.7 Å². The van der Waals surface area contributed by atoms with Gasteiger partial charge in [0.2, 0.25) is 0 Å². The van der Waals surface area contributed by atoms with Crippen LogP contribution < -0.4 is 16.6 Å². The van der Waals surface area contributed by atoms with Gasteiger partial charge in [-0.25, -0.2) is 23.1 Å². The topological polar surface area (TPSA) is 85.8 Å². The number of rotatable bonds is 5. The lowest BCUT2D eigenvalue weighted by molar-refractivity contribution is 0.560. The number of anilines is 2. The standard InChI is InChI=1S/C23H18F3N5O/c24-13-4-1-3-12(9-13)20-23(32)31(14-7-8-14)22-21(30-20)18(27)10-19(29-22)28-11-15-16(25)5-2-6-17(15)26/h1-6,9-10,14H,7-8,11H2,(H3,27,28,29). The number of aromatic nitrogens is 3. The van der Waals surface area contributed by atoms with Crippen molar-refractivity contribution in [2.24, 2.45) is 0 Å². The molecule has 0 amide bonds. The van der Waals surface area contributed by atoms with Gasteiger partial charge in [-0.3, -0.25) is 9.36 Å². The second-order valence-electron chi connectivity index (χ2n) is 7.70. The number of hydrogen-bond acceptors (Lipinski definition) is 5. The van der Waals surface area contributed by atoms with E-state index in [9.17, 15) is 18.0 Å². The summed E-state index contributed by atoms with van der Waals surface area (Å²) < 4.78 is 43.2. The van der Waals surface area contributed by atoms with Crippen LogP contribution in [0.5, 0.6) is 0 Å². The molecule has 0 spiro atoms. The van der Waals surface area contributed by atoms with Crippen molar-refractivity contribution < 1.29 is 13.2 Å². The minimum absolute atomic E-state index is 0.0635. The van der Waals surface area contributed by atoms with Gasteiger partial charge in [-0.05, 0) is 37.1 Å². The molecular formula is C23H18F3N5O. The molecule has 2 aromatic carbocycles. The average Bonchev–Trinajstić information content (AvgIpc) is 3.58. The van der Waals surface area contributed by atoms with E-state index in [2.05, 4.69) is 15.3 Å². The van der Waals surface area contributed by atoms with Gasteiger partial charge in [0.1, 0.15) is 34.5 Å². The monoisotopic (exact) mass is 437 g/mol. The van der Waals surface area contributed by atoms with Gasteiger partial charge >= 0.3 is 0 Å². The third kappa shape index (κ3) is 3.55. The number of nitrogens with zero attached hydrogens (tertiary/aromatic N) is 3. The second-order valence-corrected chi connectivity index (χ2v) is 7.70. The van der Waals surface area contributed by atoms with Crippen LogP contribution in [0.4, 0.5) is 24.7 Å². The zero-order chi connectivity index (χ0) is 22.4. The van der Waals surface area contributed by atoms with E-state index in [1.807, 2.05) is 0 Å². The van der Waals surface area contributed by atoms with Crippen LogP contribution in [0.1, 0.15) is 24.4 Å². The summed E-state index contributed by atoms with van der Waals surface area (Å²) in [6.45, 7) is -0.154. The van der Waals surface area contributed by atoms with E-state index in [4.69, 9.17) is 5.73 Å². The number of nitrogens with one attached hydrogen (secondary N) is 1. The summed E-state index contributed by atoms with van der Waals surface area (Å²) in [5.41, 5.74) is 6.95. The van der Waals surface area contributed by atoms with Gasteiger partial charge in [0.05, 0.1) is 5.69 Å². The highest BCUT2D eigenvalue weighted by atomic mass is 19.1. The molecule has 0 unspecified atom stereocenters. The van der Waals surface area contributed by atoms with E-state index in [-0.39, 0.29) is 41.0 Å². The van der Waals surface area contributed by atoms with Crippen LogP contribution in [0.3, 0.4) is 0 Å². The van der Waals surface area contributed by atoms with Crippen molar-refractivity contribution in [3.05, 3.63) is 81.9 Å². The Morgan fingerprint density at radius 3 is 2.44 bits per heavy atom. The van der Waals surface area contributed by atoms with Crippen LogP contribution >= 0.6 is 0 Å². The second kappa shape index (κ2) is 7.67. The summed E-state index contributed by atoms with van der Waals surface area (Å²) >= 11 is 0. The van der Waals surface area contributed by atoms with Gasteiger partial charge < -0.3 is 11.1 Å². The number of pyridine rings is 1. The predicted molar refractivity (Wildman–Crippen MR) is 116 cm³/mol. The maximum atomic E-state index is 13.9. The van der Waals surface area contributed by atoms with E-state index in [1.54, 1.807) is 6.07 Å². The number of benzene rings is 2. The SMILES string of the molecule is Nc1cc(NCc2c(F)cccc2F)nc2c1nc(-c1cccc(F)c1)c(=O)n2C1CC1. The van der Waals surface area contributed by atoms with Crippen LogP contribution in [0.25, 0.3) is 22.4 Å². The summed E-state index contributed by atoms with van der Waals surface area (Å²) in [7, 11) is 0. The molecule has 0 bridgehead atoms. The van der Waals surface area contributed by atoms with Gasteiger partial charge in [-0.2, -0.15) is 0 Å². The largest absolute Gasteiger partial charge is 0.397 e. The Kier molecular flexibility index (Phi) is 4.80. The predicted octanol–water partition coefficient (Wildman–Crippen LogP) is 4.41. The first-order valence-electron chi connectivity index (χ1n) is 10.1. The third-order valence-corrected chi connectivity index (χ3v) is 5.40. The van der Waals surface area contributed by atoms with Gasteiger partial charge in [0.15, 0.2) is 5.65 Å². The van der Waals surface area contributed by atoms with E-state index in [0.717, 1.165) is 12.8 Å². The number of nitrogens with two attached hydrogens (primary N) is 1. The first-order chi connectivity index (χ1) is 15.4. The number of nitrogen functional groups attached to an aromatic ring is 1. The molecule has 5 rings (SSSR count). The molecule has 1 saturated carbocycles. The first kappa shape index (κ1) is 20.0. The highest BCUT2D eigenvalue weighted by molar-refractivity contribution is 5.88. The zero-order valence-electron chi connectivity index (χ0n) is 16.8. The van der Waals surface area contributed by atoms with Crippen LogP contribution in [0.2, 0.25) is 0 Å². The molecule has 1 fully saturated rings. The van der Waals surface area contributed by atoms with Crippen LogP contribution in [0, 0.1) is 17.5 Å². The molecule has 4 aromatic rings. The molecule has 1 aliphatic rings. The summed E-state index contributed by atoms with van der Waals surface area (Å²) in [5, 5.41) is 2.87. The third-order valence-electron chi connectivity index (χ3n) is 5.40. The summed E-state index contributed by atoms with van der Waals surface area (Å²) in [5.74, 6) is -1.58. The highest BCUT2D eigenvalue weighted by Gasteiger charge is 2.29. The fraction of sp³-hybridized carbons (Fsp3) is 0.174.